The molecule has 0 fully saturated rings. The van der Waals surface area contributed by atoms with Crippen molar-refractivity contribution in [3.8, 4) is 11.8 Å². The number of H-pyrrole nitrogens is 1. The van der Waals surface area contributed by atoms with Crippen molar-refractivity contribution < 1.29 is 22.7 Å². The molecule has 4 rings (SSSR count). The van der Waals surface area contributed by atoms with Gasteiger partial charge in [0.1, 0.15) is 22.4 Å². The van der Waals surface area contributed by atoms with Crippen molar-refractivity contribution in [3.05, 3.63) is 93.6 Å². The lowest BCUT2D eigenvalue weighted by Gasteiger charge is -2.11. The second-order valence-corrected chi connectivity index (χ2v) is 11.5. The Balaban J connectivity index is 1.36. The third-order valence-electron chi connectivity index (χ3n) is 6.47. The maximum absolute atomic E-state index is 13.1. The third kappa shape index (κ3) is 7.06. The minimum Gasteiger partial charge on any atom is -0.494 e. The highest BCUT2D eigenvalue weighted by molar-refractivity contribution is 7.90. The lowest BCUT2D eigenvalue weighted by Crippen LogP contribution is -2.34. The fourth-order valence-electron chi connectivity index (χ4n) is 4.51. The van der Waals surface area contributed by atoms with Crippen LogP contribution in [0.25, 0.3) is 10.9 Å². The van der Waals surface area contributed by atoms with E-state index >= 15 is 0 Å². The molecular formula is C30H29ClN4O5S. The van der Waals surface area contributed by atoms with Crippen molar-refractivity contribution in [1.29, 1.82) is 5.26 Å². The zero-order valence-electron chi connectivity index (χ0n) is 22.6. The number of rotatable bonds is 11. The summed E-state index contributed by atoms with van der Waals surface area (Å²) in [6.45, 7) is 4.20. The highest BCUT2D eigenvalue weighted by Crippen LogP contribution is 2.27. The molecular weight excluding hydrogens is 564 g/mol. The molecule has 41 heavy (non-hydrogen) atoms. The van der Waals surface area contributed by atoms with E-state index in [2.05, 4.69) is 10.3 Å². The summed E-state index contributed by atoms with van der Waals surface area (Å²) in [4.78, 5) is 28.3. The Bertz CT molecular complexity index is 1740. The number of para-hydroxylation sites is 1. The average molecular weight is 593 g/mol. The SMILES string of the molecule is Cc1cc(OCCCc2c(C(=O)NCCC(=O)NS(=O)(=O)c3ccccc3C#N)[nH]c3ccccc23)cc(C)c1Cl. The molecule has 0 aliphatic carbocycles. The quantitative estimate of drug-likeness (QED) is 0.211. The van der Waals surface area contributed by atoms with Crippen molar-refractivity contribution in [2.75, 3.05) is 13.2 Å². The van der Waals surface area contributed by atoms with Crippen molar-refractivity contribution in [1.82, 2.24) is 15.0 Å². The van der Waals surface area contributed by atoms with Gasteiger partial charge in [0.05, 0.1) is 12.2 Å². The van der Waals surface area contributed by atoms with E-state index in [1.54, 1.807) is 6.07 Å². The van der Waals surface area contributed by atoms with Crippen LogP contribution in [0.5, 0.6) is 5.75 Å². The zero-order valence-corrected chi connectivity index (χ0v) is 24.2. The monoisotopic (exact) mass is 592 g/mol. The molecule has 0 radical (unpaired) electrons. The van der Waals surface area contributed by atoms with Crippen LogP contribution in [-0.4, -0.2) is 38.4 Å². The van der Waals surface area contributed by atoms with E-state index in [1.165, 1.54) is 24.3 Å². The van der Waals surface area contributed by atoms with Gasteiger partial charge in [-0.1, -0.05) is 41.9 Å². The molecule has 1 heterocycles. The van der Waals surface area contributed by atoms with E-state index in [1.807, 2.05) is 55.0 Å². The molecule has 3 aromatic carbocycles. The first kappa shape index (κ1) is 29.6. The molecule has 212 valence electrons. The van der Waals surface area contributed by atoms with E-state index in [4.69, 9.17) is 21.6 Å². The van der Waals surface area contributed by atoms with Gasteiger partial charge < -0.3 is 15.0 Å². The van der Waals surface area contributed by atoms with Gasteiger partial charge >= 0.3 is 0 Å². The fourth-order valence-corrected chi connectivity index (χ4v) is 5.79. The molecule has 0 bridgehead atoms. The van der Waals surface area contributed by atoms with Gasteiger partial charge in [-0.2, -0.15) is 5.26 Å². The predicted molar refractivity (Wildman–Crippen MR) is 156 cm³/mol. The summed E-state index contributed by atoms with van der Waals surface area (Å²) in [7, 11) is -4.23. The number of nitrogens with one attached hydrogen (secondary N) is 3. The minimum absolute atomic E-state index is 0.0729. The van der Waals surface area contributed by atoms with Crippen LogP contribution in [-0.2, 0) is 21.2 Å². The van der Waals surface area contributed by atoms with Crippen molar-refractivity contribution >= 4 is 44.3 Å². The summed E-state index contributed by atoms with van der Waals surface area (Å²) in [5.74, 6) is -0.482. The molecule has 4 aromatic rings. The van der Waals surface area contributed by atoms with Crippen molar-refractivity contribution in [3.63, 3.8) is 0 Å². The highest BCUT2D eigenvalue weighted by Gasteiger charge is 2.22. The number of fused-ring (bicyclic) bond motifs is 1. The number of halogens is 1. The molecule has 3 N–H and O–H groups in total. The van der Waals surface area contributed by atoms with E-state index in [0.717, 1.165) is 38.4 Å². The number of sulfonamides is 1. The summed E-state index contributed by atoms with van der Waals surface area (Å²) in [5, 5.41) is 13.5. The lowest BCUT2D eigenvalue weighted by atomic mass is 10.1. The topological polar surface area (TPSA) is 141 Å². The van der Waals surface area contributed by atoms with Crippen LogP contribution >= 0.6 is 11.6 Å². The number of ether oxygens (including phenoxy) is 1. The standard InChI is InChI=1S/C30H29ClN4O5S/c1-19-16-22(17-20(2)28(19)31)40-15-7-10-24-23-9-4-5-11-25(23)34-29(24)30(37)33-14-13-27(36)35-41(38,39)26-12-6-3-8-21(26)18-32/h3-6,8-9,11-12,16-17,34H,7,10,13-15H2,1-2H3,(H,33,37)(H,35,36). The van der Waals surface area contributed by atoms with Gasteiger partial charge in [-0.25, -0.2) is 13.1 Å². The van der Waals surface area contributed by atoms with E-state index in [0.29, 0.717) is 25.1 Å². The Morgan fingerprint density at radius 3 is 2.46 bits per heavy atom. The van der Waals surface area contributed by atoms with Gasteiger partial charge in [0.15, 0.2) is 0 Å². The number of amides is 2. The number of aromatic nitrogens is 1. The summed E-state index contributed by atoms with van der Waals surface area (Å²) in [6, 6.07) is 18.7. The number of carbonyl (C=O) groups is 2. The van der Waals surface area contributed by atoms with Crippen LogP contribution in [0, 0.1) is 25.2 Å². The smallest absolute Gasteiger partial charge is 0.268 e. The van der Waals surface area contributed by atoms with Crippen LogP contribution in [0.4, 0.5) is 0 Å². The summed E-state index contributed by atoms with van der Waals surface area (Å²) >= 11 is 6.24. The molecule has 0 spiro atoms. The Morgan fingerprint density at radius 1 is 1.05 bits per heavy atom. The van der Waals surface area contributed by atoms with Crippen LogP contribution in [0.3, 0.4) is 0 Å². The summed E-state index contributed by atoms with van der Waals surface area (Å²) in [5.41, 5.74) is 3.81. The number of hydrogen-bond donors (Lipinski definition) is 3. The predicted octanol–water partition coefficient (Wildman–Crippen LogP) is 4.95. The van der Waals surface area contributed by atoms with Crippen LogP contribution in [0.1, 0.15) is 45.6 Å². The summed E-state index contributed by atoms with van der Waals surface area (Å²) < 4.78 is 33.0. The maximum atomic E-state index is 13.1. The van der Waals surface area contributed by atoms with Gasteiger partial charge in [0.25, 0.3) is 15.9 Å². The number of nitrogens with zero attached hydrogens (tertiary/aromatic N) is 1. The Morgan fingerprint density at radius 2 is 1.73 bits per heavy atom. The Labute approximate surface area is 243 Å². The van der Waals surface area contributed by atoms with Crippen LogP contribution < -0.4 is 14.8 Å². The molecule has 0 saturated carbocycles. The number of aromatic amines is 1. The second kappa shape index (κ2) is 12.9. The molecule has 0 atom stereocenters. The van der Waals surface area contributed by atoms with Gasteiger partial charge in [0, 0.05) is 28.9 Å². The minimum atomic E-state index is -4.23. The Kier molecular flexibility index (Phi) is 9.32. The molecule has 2 amide bonds. The van der Waals surface area contributed by atoms with Gasteiger partial charge in [-0.3, -0.25) is 9.59 Å². The van der Waals surface area contributed by atoms with E-state index in [9.17, 15) is 18.0 Å². The Hall–Kier alpha value is -4.33. The van der Waals surface area contributed by atoms with E-state index < -0.39 is 21.8 Å². The van der Waals surface area contributed by atoms with Crippen LogP contribution in [0.15, 0.2) is 65.6 Å². The van der Waals surface area contributed by atoms with Crippen molar-refractivity contribution in [2.24, 2.45) is 0 Å². The number of carbonyl (C=O) groups excluding carboxylic acids is 2. The molecule has 0 aliphatic rings. The molecule has 0 aliphatic heterocycles. The summed E-state index contributed by atoms with van der Waals surface area (Å²) in [6.07, 6.45) is 0.936. The largest absolute Gasteiger partial charge is 0.494 e. The molecule has 0 saturated heterocycles. The van der Waals surface area contributed by atoms with Crippen molar-refractivity contribution in [2.45, 2.75) is 38.0 Å². The number of hydrogen-bond acceptors (Lipinski definition) is 6. The van der Waals surface area contributed by atoms with Gasteiger partial charge in [-0.05, 0) is 73.7 Å². The molecule has 11 heteroatoms. The number of nitriles is 1. The van der Waals surface area contributed by atoms with E-state index in [-0.39, 0.29) is 23.4 Å². The maximum Gasteiger partial charge on any atom is 0.268 e. The third-order valence-corrected chi connectivity index (χ3v) is 8.50. The molecule has 1 aromatic heterocycles. The van der Waals surface area contributed by atoms with Gasteiger partial charge in [-0.15, -0.1) is 0 Å². The zero-order chi connectivity index (χ0) is 29.6. The highest BCUT2D eigenvalue weighted by atomic mass is 35.5. The first-order valence-electron chi connectivity index (χ1n) is 12.9. The fraction of sp³-hybridized carbons (Fsp3) is 0.233. The normalized spacial score (nSPS) is 11.2. The van der Waals surface area contributed by atoms with Crippen LogP contribution in [0.2, 0.25) is 5.02 Å². The first-order valence-corrected chi connectivity index (χ1v) is 14.8. The number of benzene rings is 3. The van der Waals surface area contributed by atoms with Gasteiger partial charge in [0.2, 0.25) is 5.91 Å². The molecule has 9 nitrogen and oxygen atoms in total. The lowest BCUT2D eigenvalue weighted by molar-refractivity contribution is -0.119. The molecule has 0 unspecified atom stereocenters. The number of aryl methyl sites for hydroxylation is 3. The average Bonchev–Trinajstić information content (AvgIpc) is 3.32. The second-order valence-electron chi connectivity index (χ2n) is 9.49. The first-order chi connectivity index (χ1) is 19.6.